The first kappa shape index (κ1) is 31.7. The zero-order valence-corrected chi connectivity index (χ0v) is 21.5. The summed E-state index contributed by atoms with van der Waals surface area (Å²) >= 11 is 4.00. The fraction of sp³-hybridized carbons (Fsp3) is 0.619. The van der Waals surface area contributed by atoms with Crippen molar-refractivity contribution in [3.8, 4) is 0 Å². The predicted molar refractivity (Wildman–Crippen MR) is 140 cm³/mol. The predicted octanol–water partition coefficient (Wildman–Crippen LogP) is -3.07. The number of aliphatic imine (C=N–C) groups is 1. The number of carboxylic acids is 1. The molecule has 15 nitrogen and oxygen atoms in total. The van der Waals surface area contributed by atoms with Crippen LogP contribution in [0, 0.1) is 0 Å². The number of nitrogens with zero attached hydrogens (tertiary/aromatic N) is 2. The van der Waals surface area contributed by atoms with Crippen LogP contribution in [0.3, 0.4) is 0 Å². The molecule has 0 radical (unpaired) electrons. The number of aromatic amines is 1. The van der Waals surface area contributed by atoms with Gasteiger partial charge < -0.3 is 49.0 Å². The molecule has 4 atom stereocenters. The van der Waals surface area contributed by atoms with Gasteiger partial charge in [0, 0.05) is 30.6 Å². The van der Waals surface area contributed by atoms with Gasteiger partial charge in [-0.3, -0.25) is 19.4 Å². The van der Waals surface area contributed by atoms with Gasteiger partial charge in [-0.2, -0.15) is 12.6 Å². The molecule has 1 aromatic rings. The SMILES string of the molecule is NCCCCC(NC(=O)C(CCCN=C(N)N)NC(=O)C(N)CS)C(=O)NC(Cc1cnc[nH]1)C(=O)O. The molecule has 208 valence electrons. The molecule has 0 aliphatic carbocycles. The zero-order chi connectivity index (χ0) is 27.8. The summed E-state index contributed by atoms with van der Waals surface area (Å²) in [7, 11) is 0. The van der Waals surface area contributed by atoms with Crippen molar-refractivity contribution in [3.05, 3.63) is 18.2 Å². The van der Waals surface area contributed by atoms with Gasteiger partial charge in [-0.25, -0.2) is 9.78 Å². The maximum atomic E-state index is 13.1. The number of amides is 3. The Kier molecular flexibility index (Phi) is 14.7. The summed E-state index contributed by atoms with van der Waals surface area (Å²) in [6.45, 7) is 0.597. The van der Waals surface area contributed by atoms with Gasteiger partial charge in [0.25, 0.3) is 0 Å². The lowest BCUT2D eigenvalue weighted by molar-refractivity contribution is -0.142. The highest BCUT2D eigenvalue weighted by Gasteiger charge is 2.30. The molecule has 37 heavy (non-hydrogen) atoms. The van der Waals surface area contributed by atoms with Crippen molar-refractivity contribution < 1.29 is 24.3 Å². The van der Waals surface area contributed by atoms with Crippen molar-refractivity contribution in [1.29, 1.82) is 0 Å². The summed E-state index contributed by atoms with van der Waals surface area (Å²) in [4.78, 5) is 60.7. The largest absolute Gasteiger partial charge is 0.480 e. The van der Waals surface area contributed by atoms with E-state index in [1.807, 2.05) is 0 Å². The molecule has 0 fully saturated rings. The normalized spacial score (nSPS) is 14.0. The van der Waals surface area contributed by atoms with Gasteiger partial charge in [0.05, 0.1) is 12.4 Å². The topological polar surface area (TPSA) is 270 Å². The molecule has 1 rings (SSSR count). The third-order valence-electron chi connectivity index (χ3n) is 5.29. The Labute approximate surface area is 220 Å². The van der Waals surface area contributed by atoms with Crippen molar-refractivity contribution in [2.45, 2.75) is 62.7 Å². The molecule has 13 N–H and O–H groups in total. The maximum Gasteiger partial charge on any atom is 0.326 e. The Hall–Kier alpha value is -3.37. The number of carbonyl (C=O) groups is 4. The number of aliphatic carboxylic acids is 1. The molecule has 3 amide bonds. The molecule has 0 aromatic carbocycles. The lowest BCUT2D eigenvalue weighted by Crippen LogP contribution is -2.57. The molecular formula is C21H38N10O5S. The molecule has 16 heteroatoms. The van der Waals surface area contributed by atoms with Crippen molar-refractivity contribution in [1.82, 2.24) is 25.9 Å². The van der Waals surface area contributed by atoms with Crippen LogP contribution in [0.2, 0.25) is 0 Å². The fourth-order valence-corrected chi connectivity index (χ4v) is 3.42. The maximum absolute atomic E-state index is 13.1. The van der Waals surface area contributed by atoms with E-state index in [9.17, 15) is 24.3 Å². The van der Waals surface area contributed by atoms with E-state index < -0.39 is 47.9 Å². The Balaban J connectivity index is 2.99. The number of imidazole rings is 1. The Morgan fingerprint density at radius 3 is 2.11 bits per heavy atom. The number of aromatic nitrogens is 2. The van der Waals surface area contributed by atoms with Crippen LogP contribution in [0.15, 0.2) is 17.5 Å². The summed E-state index contributed by atoms with van der Waals surface area (Å²) in [5, 5.41) is 17.2. The summed E-state index contributed by atoms with van der Waals surface area (Å²) in [5.41, 5.74) is 22.4. The van der Waals surface area contributed by atoms with Gasteiger partial charge in [-0.15, -0.1) is 0 Å². The molecule has 0 spiro atoms. The standard InChI is InChI=1S/C21H38N10O5S/c22-6-2-1-4-14(19(34)31-16(20(35)36)8-12-9-26-11-28-12)30-18(33)15(5-3-7-27-21(24)25)29-17(32)13(23)10-37/h9,11,13-16,37H,1-8,10,22-23H2,(H,26,28)(H,29,32)(H,30,33)(H,31,34)(H,35,36)(H4,24,25,27). The van der Waals surface area contributed by atoms with Crippen LogP contribution in [0.5, 0.6) is 0 Å². The van der Waals surface area contributed by atoms with Crippen LogP contribution in [-0.2, 0) is 25.6 Å². The number of nitrogens with one attached hydrogen (secondary N) is 4. The average Bonchev–Trinajstić information content (AvgIpc) is 3.37. The van der Waals surface area contributed by atoms with Crippen molar-refractivity contribution in [3.63, 3.8) is 0 Å². The van der Waals surface area contributed by atoms with Crippen molar-refractivity contribution >= 4 is 42.3 Å². The van der Waals surface area contributed by atoms with Gasteiger partial charge in [0.15, 0.2) is 5.96 Å². The molecular weight excluding hydrogens is 504 g/mol. The molecule has 0 saturated heterocycles. The number of thiol groups is 1. The third kappa shape index (κ3) is 12.4. The second-order valence-corrected chi connectivity index (χ2v) is 8.69. The van der Waals surface area contributed by atoms with Gasteiger partial charge in [-0.1, -0.05) is 0 Å². The van der Waals surface area contributed by atoms with E-state index in [4.69, 9.17) is 22.9 Å². The van der Waals surface area contributed by atoms with E-state index >= 15 is 0 Å². The average molecular weight is 543 g/mol. The first-order valence-electron chi connectivity index (χ1n) is 11.8. The van der Waals surface area contributed by atoms with E-state index in [1.165, 1.54) is 12.5 Å². The number of unbranched alkanes of at least 4 members (excludes halogenated alkanes) is 1. The molecule has 4 unspecified atom stereocenters. The number of carboxylic acid groups (broad SMARTS) is 1. The zero-order valence-electron chi connectivity index (χ0n) is 20.6. The van der Waals surface area contributed by atoms with Gasteiger partial charge in [0.1, 0.15) is 18.1 Å². The molecule has 1 aromatic heterocycles. The van der Waals surface area contributed by atoms with Crippen LogP contribution >= 0.6 is 12.6 Å². The summed E-state index contributed by atoms with van der Waals surface area (Å²) in [6.07, 6.45) is 4.61. The lowest BCUT2D eigenvalue weighted by Gasteiger charge is -2.25. The summed E-state index contributed by atoms with van der Waals surface area (Å²) in [6, 6.07) is -4.32. The van der Waals surface area contributed by atoms with Crippen LogP contribution < -0.4 is 38.9 Å². The number of H-pyrrole nitrogens is 1. The van der Waals surface area contributed by atoms with Crippen LogP contribution in [-0.4, -0.2) is 87.7 Å². The monoisotopic (exact) mass is 542 g/mol. The summed E-state index contributed by atoms with van der Waals surface area (Å²) in [5.74, 6) is -3.22. The van der Waals surface area contributed by atoms with E-state index in [0.29, 0.717) is 31.5 Å². The highest BCUT2D eigenvalue weighted by Crippen LogP contribution is 2.07. The minimum atomic E-state index is -1.26. The third-order valence-corrected chi connectivity index (χ3v) is 5.68. The molecule has 0 aliphatic rings. The Bertz CT molecular complexity index is 894. The fourth-order valence-electron chi connectivity index (χ4n) is 3.26. The quantitative estimate of drug-likeness (QED) is 0.0387. The first-order chi connectivity index (χ1) is 17.6. The molecule has 0 aliphatic heterocycles. The second kappa shape index (κ2) is 17.1. The second-order valence-electron chi connectivity index (χ2n) is 8.33. The number of hydrogen-bond donors (Lipinski definition) is 10. The summed E-state index contributed by atoms with van der Waals surface area (Å²) < 4.78 is 0. The van der Waals surface area contributed by atoms with Gasteiger partial charge in [-0.05, 0) is 38.6 Å². The van der Waals surface area contributed by atoms with E-state index in [-0.39, 0.29) is 37.5 Å². The number of guanidine groups is 1. The number of hydrogen-bond acceptors (Lipinski definition) is 9. The van der Waals surface area contributed by atoms with Crippen LogP contribution in [0.4, 0.5) is 0 Å². The minimum absolute atomic E-state index is 0.0321. The number of nitrogens with two attached hydrogens (primary N) is 4. The van der Waals surface area contributed by atoms with E-state index in [2.05, 4.69) is 43.5 Å². The molecule has 0 saturated carbocycles. The Morgan fingerprint density at radius 2 is 1.59 bits per heavy atom. The molecule has 1 heterocycles. The van der Waals surface area contributed by atoms with E-state index in [0.717, 1.165) is 0 Å². The van der Waals surface area contributed by atoms with Crippen molar-refractivity contribution in [2.75, 3.05) is 18.8 Å². The smallest absolute Gasteiger partial charge is 0.326 e. The minimum Gasteiger partial charge on any atom is -0.480 e. The van der Waals surface area contributed by atoms with Crippen LogP contribution in [0.25, 0.3) is 0 Å². The lowest BCUT2D eigenvalue weighted by atomic mass is 10.0. The van der Waals surface area contributed by atoms with E-state index in [1.54, 1.807) is 0 Å². The number of carbonyl (C=O) groups excluding carboxylic acids is 3. The Morgan fingerprint density at radius 1 is 1.00 bits per heavy atom. The number of rotatable bonds is 18. The van der Waals surface area contributed by atoms with Gasteiger partial charge >= 0.3 is 5.97 Å². The van der Waals surface area contributed by atoms with Crippen molar-refractivity contribution in [2.24, 2.45) is 27.9 Å². The highest BCUT2D eigenvalue weighted by atomic mass is 32.1. The highest BCUT2D eigenvalue weighted by molar-refractivity contribution is 7.80. The van der Waals surface area contributed by atoms with Crippen LogP contribution in [0.1, 0.15) is 37.8 Å². The van der Waals surface area contributed by atoms with Gasteiger partial charge in [0.2, 0.25) is 17.7 Å². The first-order valence-corrected chi connectivity index (χ1v) is 12.4. The molecule has 0 bridgehead atoms.